The molecule has 1 saturated carbocycles. The maximum absolute atomic E-state index is 13.9. The highest BCUT2D eigenvalue weighted by atomic mass is 79.9. The predicted octanol–water partition coefficient (Wildman–Crippen LogP) is -0.232. The molecule has 0 aliphatic heterocycles. The van der Waals surface area contributed by atoms with Crippen LogP contribution in [0.1, 0.15) is 24.0 Å². The number of halogens is 2. The maximum Gasteiger partial charge on any atom is 0.255 e. The van der Waals surface area contributed by atoms with Gasteiger partial charge in [-0.25, -0.2) is 0 Å². The Kier molecular flexibility index (Phi) is 8.62. The number of aliphatic hydroxyl groups excluding tert-OH is 4. The minimum Gasteiger partial charge on any atom is -0.508 e. The van der Waals surface area contributed by atoms with E-state index in [-0.39, 0.29) is 33.8 Å². The van der Waals surface area contributed by atoms with Crippen LogP contribution >= 0.6 is 32.9 Å². The molecule has 3 aliphatic carbocycles. The third kappa shape index (κ3) is 4.26. The van der Waals surface area contributed by atoms with Gasteiger partial charge >= 0.3 is 0 Å². The number of hydrogen-bond donors (Lipinski definition) is 8. The van der Waals surface area contributed by atoms with Crippen LogP contribution in [0.25, 0.3) is 5.76 Å². The number of Topliss-reactive ketones (excluding diaryl/α,β-unsaturated/α-hetero) is 2. The molecule has 1 fully saturated rings. The summed E-state index contributed by atoms with van der Waals surface area (Å²) in [5.41, 5.74) is 0.585. The number of likely N-dealkylation sites (N-methyl/N-ethyl adjacent to an activating group) is 1. The Morgan fingerprint density at radius 2 is 1.80 bits per heavy atom. The molecular weight excluding hydrogens is 662 g/mol. The number of nitrogens with one attached hydrogen (secondary N) is 1. The Morgan fingerprint density at radius 3 is 2.33 bits per heavy atom. The van der Waals surface area contributed by atoms with Gasteiger partial charge in [-0.1, -0.05) is 28.9 Å². The van der Waals surface area contributed by atoms with Crippen molar-refractivity contribution in [2.24, 2.45) is 17.6 Å². The van der Waals surface area contributed by atoms with Gasteiger partial charge in [0.2, 0.25) is 11.7 Å². The van der Waals surface area contributed by atoms with E-state index >= 15 is 0 Å². The van der Waals surface area contributed by atoms with Crippen LogP contribution in [0.5, 0.6) is 5.75 Å². The van der Waals surface area contributed by atoms with E-state index in [9.17, 15) is 49.8 Å². The molecule has 15 heteroatoms. The number of phenolic OH excluding ortho intramolecular Hbond substituents is 1. The minimum absolute atomic E-state index is 0. The van der Waals surface area contributed by atoms with E-state index in [1.807, 2.05) is 0 Å². The smallest absolute Gasteiger partial charge is 0.255 e. The average Bonchev–Trinajstić information content (AvgIpc) is 2.86. The third-order valence-corrected chi connectivity index (χ3v) is 8.54. The lowest BCUT2D eigenvalue weighted by Gasteiger charge is -2.53. The van der Waals surface area contributed by atoms with Crippen LogP contribution < -0.4 is 11.1 Å². The van der Waals surface area contributed by atoms with E-state index in [1.54, 1.807) is 6.92 Å². The largest absolute Gasteiger partial charge is 0.508 e. The summed E-state index contributed by atoms with van der Waals surface area (Å²) >= 11 is 2.97. The summed E-state index contributed by atoms with van der Waals surface area (Å²) in [4.78, 5) is 51.7. The molecular formula is C25H29Br2N3O10. The summed E-state index contributed by atoms with van der Waals surface area (Å²) in [5, 5.41) is 68.0. The zero-order valence-corrected chi connectivity index (χ0v) is 24.8. The lowest BCUT2D eigenvalue weighted by Crippen LogP contribution is -2.70. The SMILES string of the molecule is Br.CC1c2ccc(NC(=O)C(Br)CO)c(O)c2C(O)=C2C(=O)[C@]3(O)C(O)=C(C(N)=O)C(=O)[C@@H](N(C)C)C3C(O)C21. The molecule has 218 valence electrons. The number of amides is 2. The average molecular weight is 691 g/mol. The number of alkyl halides is 1. The van der Waals surface area contributed by atoms with Gasteiger partial charge in [0.1, 0.15) is 27.7 Å². The number of benzene rings is 1. The number of anilines is 1. The predicted molar refractivity (Wildman–Crippen MR) is 149 cm³/mol. The Bertz CT molecular complexity index is 1380. The van der Waals surface area contributed by atoms with Gasteiger partial charge < -0.3 is 41.7 Å². The van der Waals surface area contributed by atoms with Crippen LogP contribution in [-0.4, -0.2) is 102 Å². The molecule has 7 atom stereocenters. The monoisotopic (exact) mass is 689 g/mol. The number of primary amides is 1. The van der Waals surface area contributed by atoms with E-state index in [0.29, 0.717) is 0 Å². The van der Waals surface area contributed by atoms with Crippen molar-refractivity contribution in [2.45, 2.75) is 35.4 Å². The number of ketones is 2. The third-order valence-electron chi connectivity index (χ3n) is 7.83. The van der Waals surface area contributed by atoms with Crippen molar-refractivity contribution in [1.29, 1.82) is 0 Å². The van der Waals surface area contributed by atoms with Crippen LogP contribution in [-0.2, 0) is 19.2 Å². The van der Waals surface area contributed by atoms with Gasteiger partial charge in [-0.3, -0.25) is 24.1 Å². The Labute approximate surface area is 246 Å². The van der Waals surface area contributed by atoms with Crippen LogP contribution in [0.4, 0.5) is 5.69 Å². The van der Waals surface area contributed by atoms with E-state index in [0.717, 1.165) is 0 Å². The number of nitrogens with zero attached hydrogens (tertiary/aromatic N) is 1. The number of hydrogen-bond acceptors (Lipinski definition) is 11. The number of aliphatic hydroxyl groups is 5. The van der Waals surface area contributed by atoms with Crippen LogP contribution in [0.3, 0.4) is 0 Å². The standard InChI is InChI=1S/C25H28BrN3O10.BrH/c1-7-8-4-5-10(28-24(38)9(26)6-30)17(31)12(8)18(32)13-11(7)19(33)15-16(29(2)3)20(34)14(23(27)37)22(36)25(15,39)21(13)35;/h4-5,7,9,11,15-16,19,30-33,36,39H,6H2,1-3H3,(H2,27,37)(H,28,38);1H/t7?,9?,11?,15?,16-,19?,25-;/m0./s1. The van der Waals surface area contributed by atoms with Gasteiger partial charge in [0.15, 0.2) is 11.4 Å². The second-order valence-corrected chi connectivity index (χ2v) is 11.2. The number of rotatable bonds is 5. The van der Waals surface area contributed by atoms with Crippen LogP contribution in [0.2, 0.25) is 0 Å². The van der Waals surface area contributed by atoms with Crippen molar-refractivity contribution >= 4 is 67.7 Å². The van der Waals surface area contributed by atoms with Gasteiger partial charge in [-0.15, -0.1) is 17.0 Å². The van der Waals surface area contributed by atoms with Crippen LogP contribution in [0.15, 0.2) is 29.0 Å². The van der Waals surface area contributed by atoms with Crippen molar-refractivity contribution in [3.63, 3.8) is 0 Å². The van der Waals surface area contributed by atoms with Crippen LogP contribution in [0, 0.1) is 11.8 Å². The highest BCUT2D eigenvalue weighted by Gasteiger charge is 2.68. The Hall–Kier alpha value is -2.82. The molecule has 1 aromatic carbocycles. The van der Waals surface area contributed by atoms with Gasteiger partial charge in [-0.05, 0) is 31.6 Å². The fraction of sp³-hybridized carbons (Fsp3) is 0.440. The quantitative estimate of drug-likeness (QED) is 0.114. The van der Waals surface area contributed by atoms with Gasteiger partial charge in [0.25, 0.3) is 5.91 Å². The fourth-order valence-electron chi connectivity index (χ4n) is 6.01. The van der Waals surface area contributed by atoms with Crippen molar-refractivity contribution in [3.05, 3.63) is 40.2 Å². The van der Waals surface area contributed by atoms with Crippen molar-refractivity contribution < 1.29 is 49.8 Å². The first-order chi connectivity index (χ1) is 18.1. The molecule has 5 unspecified atom stereocenters. The van der Waals surface area contributed by atoms with Crippen molar-refractivity contribution in [1.82, 2.24) is 4.90 Å². The molecule has 0 heterocycles. The Balaban J connectivity index is 0.00000441. The summed E-state index contributed by atoms with van der Waals surface area (Å²) < 4.78 is 0. The van der Waals surface area contributed by atoms with E-state index in [1.165, 1.54) is 31.1 Å². The second kappa shape index (κ2) is 10.9. The Morgan fingerprint density at radius 1 is 1.20 bits per heavy atom. The zero-order chi connectivity index (χ0) is 29.3. The van der Waals surface area contributed by atoms with E-state index < -0.39 is 98.7 Å². The molecule has 0 saturated heterocycles. The number of carbonyl (C=O) groups is 4. The van der Waals surface area contributed by atoms with Crippen molar-refractivity contribution in [3.8, 4) is 5.75 Å². The molecule has 3 aliphatic rings. The van der Waals surface area contributed by atoms with Gasteiger partial charge in [0.05, 0.1) is 35.9 Å². The number of phenols is 1. The molecule has 1 aromatic rings. The molecule has 40 heavy (non-hydrogen) atoms. The number of nitrogens with two attached hydrogens (primary N) is 1. The first-order valence-corrected chi connectivity index (χ1v) is 12.8. The first kappa shape index (κ1) is 31.7. The fourth-order valence-corrected chi connectivity index (χ4v) is 6.13. The molecule has 4 rings (SSSR count). The summed E-state index contributed by atoms with van der Waals surface area (Å²) in [6.07, 6.45) is -1.71. The highest BCUT2D eigenvalue weighted by molar-refractivity contribution is 9.10. The van der Waals surface area contributed by atoms with E-state index in [2.05, 4.69) is 21.2 Å². The van der Waals surface area contributed by atoms with Gasteiger partial charge in [0, 0.05) is 11.5 Å². The molecule has 0 spiro atoms. The summed E-state index contributed by atoms with van der Waals surface area (Å²) in [6.45, 7) is 1.05. The normalized spacial score (nSPS) is 30.2. The zero-order valence-electron chi connectivity index (χ0n) is 21.5. The van der Waals surface area contributed by atoms with Gasteiger partial charge in [-0.2, -0.15) is 0 Å². The summed E-state index contributed by atoms with van der Waals surface area (Å²) in [6, 6.07) is 1.35. The number of carbonyl (C=O) groups excluding carboxylic acids is 4. The molecule has 2 amide bonds. The number of aromatic hydroxyl groups is 1. The second-order valence-electron chi connectivity index (χ2n) is 10.1. The summed E-state index contributed by atoms with van der Waals surface area (Å²) in [7, 11) is 2.84. The first-order valence-electron chi connectivity index (χ1n) is 11.9. The minimum atomic E-state index is -3.02. The highest BCUT2D eigenvalue weighted by Crippen LogP contribution is 2.56. The molecule has 13 nitrogen and oxygen atoms in total. The lowest BCUT2D eigenvalue weighted by molar-refractivity contribution is -0.169. The summed E-state index contributed by atoms with van der Waals surface area (Å²) in [5.74, 6) is -10.8. The topological polar surface area (TPSA) is 231 Å². The maximum atomic E-state index is 13.9. The lowest BCUT2D eigenvalue weighted by atomic mass is 9.54. The molecule has 0 aromatic heterocycles. The van der Waals surface area contributed by atoms with Crippen molar-refractivity contribution in [2.75, 3.05) is 26.0 Å². The molecule has 0 bridgehead atoms. The molecule has 0 radical (unpaired) electrons. The number of fused-ring (bicyclic) bond motifs is 3. The van der Waals surface area contributed by atoms with E-state index in [4.69, 9.17) is 5.73 Å². The molecule has 9 N–H and O–H groups in total.